The Balaban J connectivity index is 3.08. The molecule has 0 bridgehead atoms. The van der Waals surface area contributed by atoms with Gasteiger partial charge in [0.15, 0.2) is 5.78 Å². The molecule has 0 spiro atoms. The summed E-state index contributed by atoms with van der Waals surface area (Å²) in [7, 11) is 0. The molecule has 0 aliphatic heterocycles. The van der Waals surface area contributed by atoms with Gasteiger partial charge in [0.05, 0.1) is 5.41 Å². The van der Waals surface area contributed by atoms with Crippen molar-refractivity contribution in [1.82, 2.24) is 0 Å². The van der Waals surface area contributed by atoms with E-state index in [2.05, 4.69) is 6.92 Å². The van der Waals surface area contributed by atoms with Crippen molar-refractivity contribution in [2.75, 3.05) is 0 Å². The van der Waals surface area contributed by atoms with E-state index >= 15 is 0 Å². The molecular formula is C15H23NO2. The lowest BCUT2D eigenvalue weighted by atomic mass is 9.71. The van der Waals surface area contributed by atoms with Gasteiger partial charge in [-0.05, 0) is 20.3 Å². The van der Waals surface area contributed by atoms with Gasteiger partial charge in [-0.15, -0.1) is 0 Å². The fourth-order valence-electron chi connectivity index (χ4n) is 2.03. The zero-order valence-electron chi connectivity index (χ0n) is 11.4. The molecule has 0 aliphatic rings. The number of nitrogens with two attached hydrogens (primary N) is 1. The van der Waals surface area contributed by atoms with Crippen molar-refractivity contribution in [3.63, 3.8) is 0 Å². The van der Waals surface area contributed by atoms with E-state index in [4.69, 9.17) is 5.73 Å². The molecule has 0 heterocycles. The molecule has 3 heteroatoms. The Hall–Kier alpha value is -1.19. The van der Waals surface area contributed by atoms with Crippen LogP contribution in [-0.4, -0.2) is 16.6 Å². The Kier molecular flexibility index (Phi) is 4.65. The number of hydrogen-bond acceptors (Lipinski definition) is 3. The lowest BCUT2D eigenvalue weighted by molar-refractivity contribution is -0.0434. The van der Waals surface area contributed by atoms with Crippen LogP contribution in [0.25, 0.3) is 0 Å². The zero-order chi connectivity index (χ0) is 13.8. The van der Waals surface area contributed by atoms with Crippen LogP contribution in [0, 0.1) is 5.41 Å². The maximum absolute atomic E-state index is 12.6. The van der Waals surface area contributed by atoms with E-state index in [9.17, 15) is 9.90 Å². The van der Waals surface area contributed by atoms with Gasteiger partial charge in [0.2, 0.25) is 0 Å². The van der Waals surface area contributed by atoms with E-state index in [1.807, 2.05) is 18.2 Å². The molecule has 1 aromatic carbocycles. The quantitative estimate of drug-likeness (QED) is 0.602. The predicted molar refractivity (Wildman–Crippen MR) is 73.2 cm³/mol. The lowest BCUT2D eigenvalue weighted by Crippen LogP contribution is -2.55. The van der Waals surface area contributed by atoms with Gasteiger partial charge in [-0.3, -0.25) is 4.79 Å². The first-order chi connectivity index (χ1) is 8.33. The van der Waals surface area contributed by atoms with Crippen LogP contribution in [0.3, 0.4) is 0 Å². The van der Waals surface area contributed by atoms with Crippen LogP contribution in [0.5, 0.6) is 0 Å². The summed E-state index contributed by atoms with van der Waals surface area (Å²) in [5.41, 5.74) is 3.95. The first-order valence-electron chi connectivity index (χ1n) is 6.44. The Morgan fingerprint density at radius 2 is 1.83 bits per heavy atom. The first-order valence-corrected chi connectivity index (χ1v) is 6.44. The third kappa shape index (κ3) is 2.98. The minimum atomic E-state index is -1.52. The number of ketones is 1. The van der Waals surface area contributed by atoms with Crippen molar-refractivity contribution < 1.29 is 9.90 Å². The molecule has 0 aliphatic carbocycles. The molecule has 0 saturated heterocycles. The fourth-order valence-corrected chi connectivity index (χ4v) is 2.03. The molecule has 1 aromatic rings. The zero-order valence-corrected chi connectivity index (χ0v) is 11.4. The molecular weight excluding hydrogens is 226 g/mol. The van der Waals surface area contributed by atoms with E-state index < -0.39 is 11.1 Å². The molecule has 2 atom stereocenters. The molecule has 0 amide bonds. The van der Waals surface area contributed by atoms with Crippen LogP contribution >= 0.6 is 0 Å². The van der Waals surface area contributed by atoms with Crippen LogP contribution in [0.4, 0.5) is 0 Å². The number of aliphatic hydroxyl groups is 1. The van der Waals surface area contributed by atoms with Crippen LogP contribution in [0.1, 0.15) is 50.4 Å². The maximum atomic E-state index is 12.6. The molecule has 2 unspecified atom stereocenters. The number of carbonyl (C=O) groups excluding carboxylic acids is 1. The molecule has 1 rings (SSSR count). The monoisotopic (exact) mass is 249 g/mol. The number of carbonyl (C=O) groups is 1. The van der Waals surface area contributed by atoms with Crippen LogP contribution in [-0.2, 0) is 0 Å². The summed E-state index contributed by atoms with van der Waals surface area (Å²) < 4.78 is 0. The van der Waals surface area contributed by atoms with Crippen molar-refractivity contribution >= 4 is 5.78 Å². The summed E-state index contributed by atoms with van der Waals surface area (Å²) >= 11 is 0. The number of rotatable bonds is 6. The number of hydrogen-bond donors (Lipinski definition) is 2. The van der Waals surface area contributed by atoms with Gasteiger partial charge in [0.25, 0.3) is 0 Å². The van der Waals surface area contributed by atoms with Crippen molar-refractivity contribution in [3.05, 3.63) is 35.9 Å². The van der Waals surface area contributed by atoms with Gasteiger partial charge in [-0.25, -0.2) is 0 Å². The molecule has 0 aromatic heterocycles. The SMILES string of the molecule is CCCCC(C)(C(=O)c1ccccc1)C(C)(N)O. The Morgan fingerprint density at radius 1 is 1.28 bits per heavy atom. The third-order valence-corrected chi connectivity index (χ3v) is 3.68. The van der Waals surface area contributed by atoms with Gasteiger partial charge >= 0.3 is 0 Å². The molecule has 0 fully saturated rings. The van der Waals surface area contributed by atoms with Gasteiger partial charge < -0.3 is 10.8 Å². The van der Waals surface area contributed by atoms with Crippen LogP contribution in [0.15, 0.2) is 30.3 Å². The van der Waals surface area contributed by atoms with Crippen molar-refractivity contribution in [1.29, 1.82) is 0 Å². The second-order valence-corrected chi connectivity index (χ2v) is 5.28. The number of unbranched alkanes of at least 4 members (excludes halogenated alkanes) is 1. The number of benzene rings is 1. The highest BCUT2D eigenvalue weighted by Crippen LogP contribution is 2.36. The van der Waals surface area contributed by atoms with E-state index in [0.29, 0.717) is 12.0 Å². The van der Waals surface area contributed by atoms with E-state index in [1.165, 1.54) is 6.92 Å². The van der Waals surface area contributed by atoms with Crippen molar-refractivity contribution in [3.8, 4) is 0 Å². The summed E-state index contributed by atoms with van der Waals surface area (Å²) in [5, 5.41) is 10.2. The highest BCUT2D eigenvalue weighted by atomic mass is 16.3. The molecule has 0 saturated carbocycles. The molecule has 100 valence electrons. The summed E-state index contributed by atoms with van der Waals surface area (Å²) in [6.45, 7) is 5.31. The summed E-state index contributed by atoms with van der Waals surface area (Å²) in [6.07, 6.45) is 2.41. The molecule has 18 heavy (non-hydrogen) atoms. The Bertz CT molecular complexity index is 395. The fraction of sp³-hybridized carbons (Fsp3) is 0.533. The average molecular weight is 249 g/mol. The topological polar surface area (TPSA) is 63.3 Å². The lowest BCUT2D eigenvalue weighted by Gasteiger charge is -2.39. The minimum Gasteiger partial charge on any atom is -0.375 e. The minimum absolute atomic E-state index is 0.0935. The van der Waals surface area contributed by atoms with Gasteiger partial charge in [0, 0.05) is 5.56 Å². The van der Waals surface area contributed by atoms with Gasteiger partial charge in [-0.1, -0.05) is 50.1 Å². The normalized spacial score (nSPS) is 17.8. The van der Waals surface area contributed by atoms with Crippen molar-refractivity contribution in [2.24, 2.45) is 11.1 Å². The summed E-state index contributed by atoms with van der Waals surface area (Å²) in [5.74, 6) is -0.0935. The smallest absolute Gasteiger partial charge is 0.172 e. The second-order valence-electron chi connectivity index (χ2n) is 5.28. The first kappa shape index (κ1) is 14.9. The standard InChI is InChI=1S/C15H23NO2/c1-4-5-11-14(2,15(3,16)18)13(17)12-9-7-6-8-10-12/h6-10,18H,4-5,11,16H2,1-3H3. The highest BCUT2D eigenvalue weighted by Gasteiger charge is 2.46. The Labute approximate surface area is 109 Å². The molecule has 0 radical (unpaired) electrons. The van der Waals surface area contributed by atoms with E-state index in [0.717, 1.165) is 12.8 Å². The van der Waals surface area contributed by atoms with Gasteiger partial charge in [0.1, 0.15) is 5.72 Å². The predicted octanol–water partition coefficient (Wildman–Crippen LogP) is 2.73. The van der Waals surface area contributed by atoms with Gasteiger partial charge in [-0.2, -0.15) is 0 Å². The number of Topliss-reactive ketones (excluding diaryl/α,β-unsaturated/α-hetero) is 1. The maximum Gasteiger partial charge on any atom is 0.172 e. The van der Waals surface area contributed by atoms with Crippen LogP contribution in [0.2, 0.25) is 0 Å². The largest absolute Gasteiger partial charge is 0.375 e. The summed E-state index contributed by atoms with van der Waals surface area (Å²) in [6, 6.07) is 9.02. The van der Waals surface area contributed by atoms with E-state index in [-0.39, 0.29) is 5.78 Å². The molecule has 3 N–H and O–H groups in total. The van der Waals surface area contributed by atoms with Crippen LogP contribution < -0.4 is 5.73 Å². The highest BCUT2D eigenvalue weighted by molar-refractivity contribution is 6.01. The van der Waals surface area contributed by atoms with Crippen molar-refractivity contribution in [2.45, 2.75) is 45.8 Å². The molecule has 3 nitrogen and oxygen atoms in total. The summed E-state index contributed by atoms with van der Waals surface area (Å²) in [4.78, 5) is 12.6. The third-order valence-electron chi connectivity index (χ3n) is 3.68. The van der Waals surface area contributed by atoms with E-state index in [1.54, 1.807) is 19.1 Å². The average Bonchev–Trinajstić information content (AvgIpc) is 2.34. The second kappa shape index (κ2) is 5.63. The Morgan fingerprint density at radius 3 is 2.28 bits per heavy atom.